The van der Waals surface area contributed by atoms with Crippen molar-refractivity contribution in [3.8, 4) is 0 Å². The minimum Gasteiger partial charge on any atom is -0.324 e. The Morgan fingerprint density at radius 2 is 1.62 bits per heavy atom. The molecule has 0 aliphatic heterocycles. The van der Waals surface area contributed by atoms with Crippen LogP contribution in [0.3, 0.4) is 0 Å². The van der Waals surface area contributed by atoms with Crippen LogP contribution >= 0.6 is 6.72 Å². The van der Waals surface area contributed by atoms with Crippen molar-refractivity contribution < 1.29 is 46.7 Å². The first-order valence-electron chi connectivity index (χ1n) is 1.56. The van der Waals surface area contributed by atoms with Crippen LogP contribution in [0, 0.1) is 0 Å². The Hall–Kier alpha value is 1.63. The quantitative estimate of drug-likeness (QED) is 0.702. The molecule has 0 heterocycles. The maximum atomic E-state index is 8.61. The van der Waals surface area contributed by atoms with Crippen LogP contribution in [0.15, 0.2) is 0 Å². The van der Waals surface area contributed by atoms with Gasteiger partial charge in [-0.05, 0) is 11.8 Å². The zero-order valence-corrected chi connectivity index (χ0v) is 9.25. The average Bonchev–Trinajstić information content (AvgIpc) is 1.68. The minimum absolute atomic E-state index is 0. The van der Waals surface area contributed by atoms with Crippen LogP contribution in [0.2, 0.25) is 0 Å². The van der Waals surface area contributed by atoms with Crippen LogP contribution in [0.4, 0.5) is 0 Å². The summed E-state index contributed by atoms with van der Waals surface area (Å²) in [6.07, 6.45) is 0. The Morgan fingerprint density at radius 3 is 1.62 bits per heavy atom. The topological polar surface area (TPSA) is 38.7 Å². The molecular formula is C2H7O3PSY. The molecule has 0 atom stereocenters. The standard InChI is InChI=1S/C2H7O3PS.Y/c1-4-6(3,7)5-2;/h1-2H3,(H,3,7);. The van der Waals surface area contributed by atoms with E-state index in [0.717, 1.165) is 0 Å². The van der Waals surface area contributed by atoms with Gasteiger partial charge in [0, 0.05) is 46.9 Å². The first kappa shape index (κ1) is 12.3. The van der Waals surface area contributed by atoms with Crippen molar-refractivity contribution in [2.75, 3.05) is 14.2 Å². The predicted molar refractivity (Wildman–Crippen MR) is 30.5 cm³/mol. The third-order valence-electron chi connectivity index (χ3n) is 0.461. The second-order valence-corrected chi connectivity index (χ2v) is 3.89. The van der Waals surface area contributed by atoms with Crippen LogP contribution < -0.4 is 0 Å². The molecule has 0 aliphatic rings. The van der Waals surface area contributed by atoms with Crippen LogP contribution in [0.25, 0.3) is 0 Å². The fourth-order valence-corrected chi connectivity index (χ4v) is 0.224. The van der Waals surface area contributed by atoms with Gasteiger partial charge in [-0.3, -0.25) is 0 Å². The second-order valence-electron chi connectivity index (χ2n) is 0.834. The normalized spacial score (nSPS) is 10.4. The van der Waals surface area contributed by atoms with Gasteiger partial charge in [-0.2, -0.15) is 0 Å². The molecule has 8 heavy (non-hydrogen) atoms. The fraction of sp³-hybridized carbons (Fsp3) is 1.00. The van der Waals surface area contributed by atoms with Gasteiger partial charge >= 0.3 is 6.72 Å². The fourth-order valence-electron chi connectivity index (χ4n) is 0.0745. The van der Waals surface area contributed by atoms with Gasteiger partial charge in [-0.25, -0.2) is 0 Å². The van der Waals surface area contributed by atoms with E-state index in [-0.39, 0.29) is 32.7 Å². The monoisotopic (exact) mass is 231 g/mol. The SMILES string of the molecule is COP(O)(=S)OC.[Y]. The van der Waals surface area contributed by atoms with Crippen molar-refractivity contribution in [1.82, 2.24) is 0 Å². The molecule has 0 aliphatic carbocycles. The van der Waals surface area contributed by atoms with E-state index in [2.05, 4.69) is 20.9 Å². The molecule has 0 aromatic heterocycles. The van der Waals surface area contributed by atoms with E-state index < -0.39 is 6.72 Å². The van der Waals surface area contributed by atoms with E-state index in [0.29, 0.717) is 0 Å². The molecule has 47 valence electrons. The molecule has 6 heteroatoms. The van der Waals surface area contributed by atoms with E-state index >= 15 is 0 Å². The van der Waals surface area contributed by atoms with Gasteiger partial charge in [0.25, 0.3) is 0 Å². The summed E-state index contributed by atoms with van der Waals surface area (Å²) in [5.74, 6) is 0. The maximum Gasteiger partial charge on any atom is 0.323 e. The largest absolute Gasteiger partial charge is 0.324 e. The predicted octanol–water partition coefficient (Wildman–Crippen LogP) is 0.493. The molecule has 0 aromatic carbocycles. The third kappa shape index (κ3) is 5.76. The van der Waals surface area contributed by atoms with Gasteiger partial charge in [-0.1, -0.05) is 0 Å². The van der Waals surface area contributed by atoms with Crippen molar-refractivity contribution in [3.63, 3.8) is 0 Å². The molecule has 0 saturated carbocycles. The van der Waals surface area contributed by atoms with Crippen LogP contribution in [-0.4, -0.2) is 19.1 Å². The van der Waals surface area contributed by atoms with E-state index in [1.54, 1.807) is 0 Å². The number of hydrogen-bond donors (Lipinski definition) is 1. The van der Waals surface area contributed by atoms with Crippen LogP contribution in [0.1, 0.15) is 0 Å². The van der Waals surface area contributed by atoms with Gasteiger partial charge in [0.15, 0.2) is 0 Å². The van der Waals surface area contributed by atoms with Crippen LogP contribution in [-0.2, 0) is 53.6 Å². The summed E-state index contributed by atoms with van der Waals surface area (Å²) in [4.78, 5) is 8.61. The molecule has 0 bridgehead atoms. The Balaban J connectivity index is 0. The summed E-state index contributed by atoms with van der Waals surface area (Å²) >= 11 is 4.37. The number of hydrogen-bond acceptors (Lipinski definition) is 3. The zero-order chi connectivity index (χ0) is 5.91. The maximum absolute atomic E-state index is 8.61. The van der Waals surface area contributed by atoms with Gasteiger partial charge < -0.3 is 13.9 Å². The molecule has 0 saturated heterocycles. The zero-order valence-electron chi connectivity index (χ0n) is 4.70. The van der Waals surface area contributed by atoms with Crippen molar-refractivity contribution >= 4 is 18.5 Å². The summed E-state index contributed by atoms with van der Waals surface area (Å²) in [6.45, 7) is -2.82. The van der Waals surface area contributed by atoms with Gasteiger partial charge in [-0.15, -0.1) is 0 Å². The first-order chi connectivity index (χ1) is 3.12. The molecule has 0 rings (SSSR count). The Kier molecular flexibility index (Phi) is 8.35. The Bertz CT molecular complexity index is 89.3. The molecule has 1 N–H and O–H groups in total. The molecule has 3 nitrogen and oxygen atoms in total. The smallest absolute Gasteiger partial charge is 0.323 e. The second kappa shape index (κ2) is 5.42. The summed E-state index contributed by atoms with van der Waals surface area (Å²) in [5.41, 5.74) is 0. The van der Waals surface area contributed by atoms with Gasteiger partial charge in [0.2, 0.25) is 0 Å². The summed E-state index contributed by atoms with van der Waals surface area (Å²) in [5, 5.41) is 0. The first-order valence-corrected chi connectivity index (χ1v) is 4.16. The van der Waals surface area contributed by atoms with Crippen LogP contribution in [0.5, 0.6) is 0 Å². The Morgan fingerprint density at radius 1 is 1.38 bits per heavy atom. The van der Waals surface area contributed by atoms with Crippen molar-refractivity contribution in [2.24, 2.45) is 0 Å². The molecule has 0 unspecified atom stereocenters. The van der Waals surface area contributed by atoms with Crippen molar-refractivity contribution in [2.45, 2.75) is 0 Å². The van der Waals surface area contributed by atoms with Crippen molar-refractivity contribution in [1.29, 1.82) is 0 Å². The molecule has 1 radical (unpaired) electrons. The molecule has 0 aromatic rings. The van der Waals surface area contributed by atoms with E-state index in [9.17, 15) is 0 Å². The third-order valence-corrected chi connectivity index (χ3v) is 2.28. The summed E-state index contributed by atoms with van der Waals surface area (Å²) in [7, 11) is 2.62. The summed E-state index contributed by atoms with van der Waals surface area (Å²) < 4.78 is 8.69. The van der Waals surface area contributed by atoms with Gasteiger partial charge in [0.05, 0.1) is 0 Å². The van der Waals surface area contributed by atoms with Crippen molar-refractivity contribution in [3.05, 3.63) is 0 Å². The summed E-state index contributed by atoms with van der Waals surface area (Å²) in [6, 6.07) is 0. The molecule has 0 fully saturated rings. The Labute approximate surface area is 78.9 Å². The minimum atomic E-state index is -2.82. The molecular weight excluding hydrogens is 224 g/mol. The van der Waals surface area contributed by atoms with E-state index in [1.165, 1.54) is 14.2 Å². The number of rotatable bonds is 2. The van der Waals surface area contributed by atoms with Gasteiger partial charge in [0.1, 0.15) is 0 Å². The molecule has 0 spiro atoms. The molecule has 0 amide bonds. The van der Waals surface area contributed by atoms with E-state index in [1.807, 2.05) is 0 Å². The average molecular weight is 231 g/mol. The van der Waals surface area contributed by atoms with E-state index in [4.69, 9.17) is 4.89 Å².